The van der Waals surface area contributed by atoms with E-state index in [-0.39, 0.29) is 0 Å². The largest absolute Gasteiger partial charge is 0.357 e. The van der Waals surface area contributed by atoms with Gasteiger partial charge in [0.05, 0.1) is 0 Å². The summed E-state index contributed by atoms with van der Waals surface area (Å²) in [6, 6.07) is 0. The summed E-state index contributed by atoms with van der Waals surface area (Å²) in [6.07, 6.45) is 2.47. The van der Waals surface area contributed by atoms with Crippen molar-refractivity contribution in [1.82, 2.24) is 10.6 Å². The molecule has 2 N–H and O–H groups in total. The van der Waals surface area contributed by atoms with E-state index in [0.29, 0.717) is 13.0 Å². The number of hydrogen-bond donors (Lipinski definition) is 2. The Labute approximate surface area is 55.1 Å². The van der Waals surface area contributed by atoms with Crippen molar-refractivity contribution >= 4 is 6.41 Å². The maximum atomic E-state index is 9.68. The quantitative estimate of drug-likeness (QED) is 0.288. The number of carbonyl (C=O) groups is 1. The van der Waals surface area contributed by atoms with E-state index in [1.807, 2.05) is 0 Å². The van der Waals surface area contributed by atoms with Gasteiger partial charge < -0.3 is 10.6 Å². The highest BCUT2D eigenvalue weighted by molar-refractivity contribution is 5.45. The summed E-state index contributed by atoms with van der Waals surface area (Å²) in [7, 11) is 0. The van der Waals surface area contributed by atoms with Crippen LogP contribution in [-0.2, 0) is 4.79 Å². The van der Waals surface area contributed by atoms with Gasteiger partial charge in [0.2, 0.25) is 6.41 Å². The van der Waals surface area contributed by atoms with Crippen LogP contribution in [0.25, 0.3) is 0 Å². The van der Waals surface area contributed by atoms with E-state index in [1.54, 1.807) is 6.08 Å². The summed E-state index contributed by atoms with van der Waals surface area (Å²) >= 11 is 0. The fourth-order valence-corrected chi connectivity index (χ4v) is 0.424. The number of hydrogen-bond acceptors (Lipinski definition) is 2. The molecule has 0 bridgehead atoms. The van der Waals surface area contributed by atoms with Crippen LogP contribution in [0.1, 0.15) is 0 Å². The van der Waals surface area contributed by atoms with E-state index in [4.69, 9.17) is 0 Å². The summed E-state index contributed by atoms with van der Waals surface area (Å²) in [5, 5.41) is 5.56. The third kappa shape index (κ3) is 7.17. The molecule has 0 fully saturated rings. The lowest BCUT2D eigenvalue weighted by molar-refractivity contribution is -0.109. The zero-order valence-electron chi connectivity index (χ0n) is 5.39. The van der Waals surface area contributed by atoms with Crippen molar-refractivity contribution in [2.75, 3.05) is 19.6 Å². The van der Waals surface area contributed by atoms with Crippen LogP contribution in [0, 0.1) is 0 Å². The van der Waals surface area contributed by atoms with Gasteiger partial charge in [0.25, 0.3) is 0 Å². The summed E-state index contributed by atoms with van der Waals surface area (Å²) in [5.41, 5.74) is 0. The molecular weight excluding hydrogens is 116 g/mol. The van der Waals surface area contributed by atoms with E-state index in [0.717, 1.165) is 13.1 Å². The van der Waals surface area contributed by atoms with Crippen molar-refractivity contribution in [2.24, 2.45) is 0 Å². The van der Waals surface area contributed by atoms with Gasteiger partial charge in [0.15, 0.2) is 0 Å². The first-order valence-electron chi connectivity index (χ1n) is 2.90. The van der Waals surface area contributed by atoms with Crippen molar-refractivity contribution in [3.05, 3.63) is 12.7 Å². The molecule has 0 rings (SSSR count). The van der Waals surface area contributed by atoms with Gasteiger partial charge >= 0.3 is 0 Å². The average Bonchev–Trinajstić information content (AvgIpc) is 1.89. The summed E-state index contributed by atoms with van der Waals surface area (Å²) in [6.45, 7) is 5.79. The normalized spacial score (nSPS) is 8.44. The van der Waals surface area contributed by atoms with Gasteiger partial charge in [-0.05, 0) is 0 Å². The molecule has 0 saturated carbocycles. The highest BCUT2D eigenvalue weighted by atomic mass is 16.1. The van der Waals surface area contributed by atoms with Crippen LogP contribution in [0.2, 0.25) is 0 Å². The Balaban J connectivity index is 2.74. The summed E-state index contributed by atoms with van der Waals surface area (Å²) in [4.78, 5) is 9.68. The maximum Gasteiger partial charge on any atom is 0.207 e. The molecule has 0 aliphatic carbocycles. The predicted octanol–water partition coefficient (Wildman–Crippen LogP) is -0.492. The zero-order chi connectivity index (χ0) is 6.95. The molecule has 52 valence electrons. The third-order valence-corrected chi connectivity index (χ3v) is 0.818. The van der Waals surface area contributed by atoms with Crippen LogP contribution in [-0.4, -0.2) is 26.0 Å². The lowest BCUT2D eigenvalue weighted by Crippen LogP contribution is -2.26. The van der Waals surface area contributed by atoms with Gasteiger partial charge in [0.1, 0.15) is 0 Å². The second-order valence-electron chi connectivity index (χ2n) is 1.56. The highest BCUT2D eigenvalue weighted by Gasteiger charge is 1.79. The van der Waals surface area contributed by atoms with Crippen LogP contribution in [0.4, 0.5) is 0 Å². The van der Waals surface area contributed by atoms with Crippen molar-refractivity contribution in [2.45, 2.75) is 0 Å². The van der Waals surface area contributed by atoms with E-state index in [9.17, 15) is 4.79 Å². The monoisotopic (exact) mass is 128 g/mol. The van der Waals surface area contributed by atoms with E-state index >= 15 is 0 Å². The van der Waals surface area contributed by atoms with Gasteiger partial charge in [-0.25, -0.2) is 0 Å². The SMILES string of the molecule is C=CCNCCNC=O. The second kappa shape index (κ2) is 7.17. The van der Waals surface area contributed by atoms with Gasteiger partial charge in [-0.3, -0.25) is 4.79 Å². The van der Waals surface area contributed by atoms with E-state index in [2.05, 4.69) is 17.2 Å². The van der Waals surface area contributed by atoms with Gasteiger partial charge in [-0.2, -0.15) is 0 Å². The van der Waals surface area contributed by atoms with Gasteiger partial charge in [-0.1, -0.05) is 6.08 Å². The molecule has 0 aromatic heterocycles. The smallest absolute Gasteiger partial charge is 0.207 e. The lowest BCUT2D eigenvalue weighted by atomic mass is 10.5. The molecule has 0 aromatic carbocycles. The Morgan fingerprint density at radius 3 is 2.78 bits per heavy atom. The molecule has 9 heavy (non-hydrogen) atoms. The molecule has 0 spiro atoms. The fraction of sp³-hybridized carbons (Fsp3) is 0.500. The fourth-order valence-electron chi connectivity index (χ4n) is 0.424. The van der Waals surface area contributed by atoms with Crippen LogP contribution in [0.3, 0.4) is 0 Å². The number of carbonyl (C=O) groups excluding carboxylic acids is 1. The Kier molecular flexibility index (Phi) is 6.51. The molecule has 0 unspecified atom stereocenters. The molecular formula is C6H12N2O. The molecule has 1 amide bonds. The predicted molar refractivity (Wildman–Crippen MR) is 37.1 cm³/mol. The lowest BCUT2D eigenvalue weighted by Gasteiger charge is -1.97. The van der Waals surface area contributed by atoms with Crippen molar-refractivity contribution in [3.8, 4) is 0 Å². The van der Waals surface area contributed by atoms with Crippen LogP contribution in [0.15, 0.2) is 12.7 Å². The van der Waals surface area contributed by atoms with Crippen LogP contribution in [0.5, 0.6) is 0 Å². The molecule has 3 heteroatoms. The third-order valence-electron chi connectivity index (χ3n) is 0.818. The molecule has 0 saturated heterocycles. The number of amides is 1. The van der Waals surface area contributed by atoms with E-state index < -0.39 is 0 Å². The molecule has 0 aliphatic rings. The number of rotatable bonds is 6. The molecule has 0 heterocycles. The minimum absolute atomic E-state index is 0.678. The Hall–Kier alpha value is -0.830. The summed E-state index contributed by atoms with van der Waals surface area (Å²) < 4.78 is 0. The Morgan fingerprint density at radius 1 is 1.44 bits per heavy atom. The van der Waals surface area contributed by atoms with Gasteiger partial charge in [-0.15, -0.1) is 6.58 Å². The second-order valence-corrected chi connectivity index (χ2v) is 1.56. The molecule has 3 nitrogen and oxygen atoms in total. The minimum Gasteiger partial charge on any atom is -0.357 e. The highest BCUT2D eigenvalue weighted by Crippen LogP contribution is 1.58. The van der Waals surface area contributed by atoms with E-state index in [1.165, 1.54) is 0 Å². The first-order chi connectivity index (χ1) is 4.41. The number of nitrogens with one attached hydrogen (secondary N) is 2. The molecule has 0 atom stereocenters. The summed E-state index contributed by atoms with van der Waals surface area (Å²) in [5.74, 6) is 0. The average molecular weight is 128 g/mol. The maximum absolute atomic E-state index is 9.68. The molecule has 0 aromatic rings. The molecule has 0 aliphatic heterocycles. The standard InChI is InChI=1S/C6H12N2O/c1-2-3-7-4-5-8-6-9/h2,6-7H,1,3-5H2,(H,8,9). The van der Waals surface area contributed by atoms with Crippen molar-refractivity contribution < 1.29 is 4.79 Å². The Bertz CT molecular complexity index is 73.1. The van der Waals surface area contributed by atoms with Gasteiger partial charge in [0, 0.05) is 19.6 Å². The van der Waals surface area contributed by atoms with Crippen LogP contribution < -0.4 is 10.6 Å². The van der Waals surface area contributed by atoms with Crippen LogP contribution >= 0.6 is 0 Å². The first kappa shape index (κ1) is 8.17. The Morgan fingerprint density at radius 2 is 2.22 bits per heavy atom. The topological polar surface area (TPSA) is 41.1 Å². The first-order valence-corrected chi connectivity index (χ1v) is 2.90. The molecule has 0 radical (unpaired) electrons. The zero-order valence-corrected chi connectivity index (χ0v) is 5.39. The minimum atomic E-state index is 0.678. The van der Waals surface area contributed by atoms with Crippen molar-refractivity contribution in [1.29, 1.82) is 0 Å². The van der Waals surface area contributed by atoms with Crippen molar-refractivity contribution in [3.63, 3.8) is 0 Å².